The fraction of sp³-hybridized carbons (Fsp3) is 0.412. The third-order valence-electron chi connectivity index (χ3n) is 4.02. The minimum absolute atomic E-state index is 0.00737. The molecule has 6 heteroatoms. The van der Waals surface area contributed by atoms with Crippen molar-refractivity contribution in [3.63, 3.8) is 0 Å². The van der Waals surface area contributed by atoms with Gasteiger partial charge in [0.05, 0.1) is 6.54 Å². The highest BCUT2D eigenvalue weighted by Crippen LogP contribution is 2.30. The Morgan fingerprint density at radius 3 is 2.35 bits per heavy atom. The van der Waals surface area contributed by atoms with Crippen LogP contribution in [-0.2, 0) is 23.1 Å². The number of hydrogen-bond donors (Lipinski definition) is 0. The number of nitrogens with zero attached hydrogens (tertiary/aromatic N) is 2. The molecule has 5 nitrogen and oxygen atoms in total. The molecule has 3 rings (SSSR count). The van der Waals surface area contributed by atoms with Crippen molar-refractivity contribution in [3.05, 3.63) is 53.8 Å². The lowest BCUT2D eigenvalue weighted by Gasteiger charge is -2.20. The van der Waals surface area contributed by atoms with E-state index in [1.807, 2.05) is 18.2 Å². The van der Waals surface area contributed by atoms with E-state index in [1.54, 1.807) is 6.07 Å². The van der Waals surface area contributed by atoms with Gasteiger partial charge in [0.1, 0.15) is 5.76 Å². The Bertz CT molecular complexity index is 749. The van der Waals surface area contributed by atoms with E-state index in [4.69, 9.17) is 4.42 Å². The summed E-state index contributed by atoms with van der Waals surface area (Å²) in [7, 11) is -0.500. The molecular formula is C17H22N2O3S. The van der Waals surface area contributed by atoms with Crippen LogP contribution in [0.5, 0.6) is 0 Å². The van der Waals surface area contributed by atoms with Crippen molar-refractivity contribution in [1.82, 2.24) is 9.21 Å². The van der Waals surface area contributed by atoms with Crippen LogP contribution < -0.4 is 0 Å². The normalized spacial score (nSPS) is 15.5. The highest BCUT2D eigenvalue weighted by Gasteiger charge is 2.30. The van der Waals surface area contributed by atoms with E-state index < -0.39 is 10.0 Å². The fourth-order valence-corrected chi connectivity index (χ4v) is 3.35. The smallest absolute Gasteiger partial charge is 0.275 e. The topological polar surface area (TPSA) is 53.8 Å². The van der Waals surface area contributed by atoms with Crippen molar-refractivity contribution in [2.75, 3.05) is 14.1 Å². The molecule has 0 amide bonds. The maximum atomic E-state index is 12.1. The third kappa shape index (κ3) is 3.83. The minimum atomic E-state index is -3.51. The molecule has 0 saturated heterocycles. The Hall–Kier alpha value is -1.63. The third-order valence-corrected chi connectivity index (χ3v) is 5.71. The first kappa shape index (κ1) is 16.2. The Morgan fingerprint density at radius 1 is 1.04 bits per heavy atom. The number of sulfonamides is 1. The van der Waals surface area contributed by atoms with Crippen molar-refractivity contribution in [1.29, 1.82) is 0 Å². The lowest BCUT2D eigenvalue weighted by Crippen LogP contribution is -2.25. The lowest BCUT2D eigenvalue weighted by atomic mass is 10.2. The summed E-state index contributed by atoms with van der Waals surface area (Å²) in [4.78, 5) is 2.35. The molecule has 0 spiro atoms. The van der Waals surface area contributed by atoms with Gasteiger partial charge in [-0.25, -0.2) is 12.7 Å². The quantitative estimate of drug-likeness (QED) is 0.781. The summed E-state index contributed by atoms with van der Waals surface area (Å²) >= 11 is 0. The van der Waals surface area contributed by atoms with Gasteiger partial charge in [-0.05, 0) is 30.5 Å². The highest BCUT2D eigenvalue weighted by atomic mass is 32.2. The van der Waals surface area contributed by atoms with Crippen LogP contribution in [0.15, 0.2) is 52.0 Å². The van der Waals surface area contributed by atoms with E-state index >= 15 is 0 Å². The second kappa shape index (κ2) is 6.47. The van der Waals surface area contributed by atoms with Crippen LogP contribution in [0.4, 0.5) is 0 Å². The molecular weight excluding hydrogens is 312 g/mol. The summed E-state index contributed by atoms with van der Waals surface area (Å²) in [6, 6.07) is 14.2. The first-order valence-corrected chi connectivity index (χ1v) is 9.20. The van der Waals surface area contributed by atoms with Crippen molar-refractivity contribution >= 4 is 10.0 Å². The zero-order chi connectivity index (χ0) is 16.4. The molecule has 1 aromatic heterocycles. The van der Waals surface area contributed by atoms with Crippen molar-refractivity contribution in [3.8, 4) is 0 Å². The van der Waals surface area contributed by atoms with Gasteiger partial charge in [-0.3, -0.25) is 4.90 Å². The van der Waals surface area contributed by atoms with Gasteiger partial charge >= 0.3 is 0 Å². The van der Waals surface area contributed by atoms with E-state index in [-0.39, 0.29) is 5.09 Å². The van der Waals surface area contributed by atoms with Gasteiger partial charge in [0.25, 0.3) is 10.0 Å². The summed E-state index contributed by atoms with van der Waals surface area (Å²) in [5.74, 6) is 0.688. The van der Waals surface area contributed by atoms with Gasteiger partial charge in [-0.15, -0.1) is 0 Å². The van der Waals surface area contributed by atoms with Crippen LogP contribution in [0.1, 0.15) is 24.2 Å². The molecule has 1 saturated carbocycles. The predicted molar refractivity (Wildman–Crippen MR) is 88.3 cm³/mol. The molecule has 0 atom stereocenters. The standard InChI is InChI=1S/C17H22N2O3S/c1-18(2)23(20,21)17-11-10-16(22-17)13-19(15-8-9-15)12-14-6-4-3-5-7-14/h3-7,10-11,15H,8-9,12-13H2,1-2H3. The molecule has 0 N–H and O–H groups in total. The maximum absolute atomic E-state index is 12.1. The second-order valence-electron chi connectivity index (χ2n) is 6.13. The maximum Gasteiger partial charge on any atom is 0.275 e. The zero-order valence-electron chi connectivity index (χ0n) is 13.5. The Labute approximate surface area is 137 Å². The molecule has 23 heavy (non-hydrogen) atoms. The summed E-state index contributed by atoms with van der Waals surface area (Å²) < 4.78 is 30.9. The van der Waals surface area contributed by atoms with Gasteiger partial charge in [0, 0.05) is 26.7 Å². The first-order valence-electron chi connectivity index (χ1n) is 7.76. The summed E-state index contributed by atoms with van der Waals surface area (Å²) in [5.41, 5.74) is 1.26. The minimum Gasteiger partial charge on any atom is -0.447 e. The van der Waals surface area contributed by atoms with E-state index in [2.05, 4.69) is 17.0 Å². The van der Waals surface area contributed by atoms with Crippen LogP contribution in [0, 0.1) is 0 Å². The average molecular weight is 334 g/mol. The SMILES string of the molecule is CN(C)S(=O)(=O)c1ccc(CN(Cc2ccccc2)C2CC2)o1. The summed E-state index contributed by atoms with van der Waals surface area (Å²) in [5, 5.41) is 0.00737. The van der Waals surface area contributed by atoms with E-state index in [9.17, 15) is 8.42 Å². The monoisotopic (exact) mass is 334 g/mol. The first-order chi connectivity index (χ1) is 11.0. The molecule has 0 unspecified atom stereocenters. The summed E-state index contributed by atoms with van der Waals surface area (Å²) in [6.07, 6.45) is 2.38. The average Bonchev–Trinajstić information content (AvgIpc) is 3.26. The van der Waals surface area contributed by atoms with Crippen LogP contribution in [0.2, 0.25) is 0 Å². The van der Waals surface area contributed by atoms with E-state index in [0.717, 1.165) is 10.8 Å². The highest BCUT2D eigenvalue weighted by molar-refractivity contribution is 7.88. The zero-order valence-corrected chi connectivity index (χ0v) is 14.3. The molecule has 1 aromatic carbocycles. The number of benzene rings is 1. The van der Waals surface area contributed by atoms with Crippen molar-refractivity contribution in [2.45, 2.75) is 37.1 Å². The van der Waals surface area contributed by atoms with E-state index in [0.29, 0.717) is 18.3 Å². The van der Waals surface area contributed by atoms with Crippen LogP contribution in [0.25, 0.3) is 0 Å². The molecule has 1 heterocycles. The van der Waals surface area contributed by atoms with Gasteiger partial charge < -0.3 is 4.42 Å². The van der Waals surface area contributed by atoms with Gasteiger partial charge in [0.2, 0.25) is 5.09 Å². The molecule has 0 bridgehead atoms. The largest absolute Gasteiger partial charge is 0.447 e. The van der Waals surface area contributed by atoms with Crippen LogP contribution in [-0.4, -0.2) is 37.8 Å². The van der Waals surface area contributed by atoms with Crippen LogP contribution in [0.3, 0.4) is 0 Å². The molecule has 124 valence electrons. The van der Waals surface area contributed by atoms with Gasteiger partial charge in [-0.1, -0.05) is 30.3 Å². The fourth-order valence-electron chi connectivity index (χ4n) is 2.53. The Kier molecular flexibility index (Phi) is 4.57. The molecule has 0 aliphatic heterocycles. The molecule has 1 aliphatic carbocycles. The van der Waals surface area contributed by atoms with Gasteiger partial charge in [0.15, 0.2) is 0 Å². The van der Waals surface area contributed by atoms with Crippen molar-refractivity contribution in [2.24, 2.45) is 0 Å². The van der Waals surface area contributed by atoms with Crippen LogP contribution >= 0.6 is 0 Å². The van der Waals surface area contributed by atoms with Gasteiger partial charge in [-0.2, -0.15) is 0 Å². The Morgan fingerprint density at radius 2 is 1.74 bits per heavy atom. The van der Waals surface area contributed by atoms with Crippen molar-refractivity contribution < 1.29 is 12.8 Å². The molecule has 2 aromatic rings. The molecule has 1 aliphatic rings. The summed E-state index contributed by atoms with van der Waals surface area (Å²) in [6.45, 7) is 1.48. The second-order valence-corrected chi connectivity index (χ2v) is 8.21. The number of rotatable bonds is 7. The molecule has 0 radical (unpaired) electrons. The number of furan rings is 1. The lowest BCUT2D eigenvalue weighted by molar-refractivity contribution is 0.218. The number of hydrogen-bond acceptors (Lipinski definition) is 4. The van der Waals surface area contributed by atoms with E-state index in [1.165, 1.54) is 38.6 Å². The molecule has 1 fully saturated rings. The predicted octanol–water partition coefficient (Wildman–Crippen LogP) is 2.69. The Balaban J connectivity index is 1.73.